The first-order chi connectivity index (χ1) is 12.7. The summed E-state index contributed by atoms with van der Waals surface area (Å²) in [5.41, 5.74) is 1.98. The van der Waals surface area contributed by atoms with Gasteiger partial charge < -0.3 is 4.52 Å². The molecule has 4 aromatic rings. The van der Waals surface area contributed by atoms with Crippen LogP contribution in [0.5, 0.6) is 5.88 Å². The molecule has 0 unspecified atom stereocenters. The topological polar surface area (TPSA) is 39.2 Å². The largest absolute Gasteiger partial charge is 0.418 e. The molecule has 0 aliphatic rings. The summed E-state index contributed by atoms with van der Waals surface area (Å²) in [6, 6.07) is 28.3. The Labute approximate surface area is 152 Å². The number of hydrogen-bond acceptors (Lipinski definition) is 3. The highest BCUT2D eigenvalue weighted by Crippen LogP contribution is 2.44. The molecule has 0 aliphatic carbocycles. The van der Waals surface area contributed by atoms with Crippen molar-refractivity contribution in [3.8, 4) is 5.88 Å². The number of aryl methyl sites for hydroxylation is 1. The molecule has 26 heavy (non-hydrogen) atoms. The fraction of sp³-hybridized carbons (Fsp3) is 0.0455. The molecule has 3 aromatic carbocycles. The minimum atomic E-state index is -3.30. The molecule has 0 spiro atoms. The van der Waals surface area contributed by atoms with Gasteiger partial charge in [0.15, 0.2) is 0 Å². The average molecular weight is 359 g/mol. The molecular weight excluding hydrogens is 341 g/mol. The average Bonchev–Trinajstić information content (AvgIpc) is 2.69. The molecule has 0 radical (unpaired) electrons. The van der Waals surface area contributed by atoms with Crippen LogP contribution in [0.25, 0.3) is 10.9 Å². The first-order valence-electron chi connectivity index (χ1n) is 8.44. The first-order valence-corrected chi connectivity index (χ1v) is 10.1. The Bertz CT molecular complexity index is 1050. The van der Waals surface area contributed by atoms with Crippen molar-refractivity contribution < 1.29 is 9.09 Å². The zero-order valence-corrected chi connectivity index (χ0v) is 15.3. The predicted molar refractivity (Wildman–Crippen MR) is 107 cm³/mol. The van der Waals surface area contributed by atoms with Crippen molar-refractivity contribution in [1.29, 1.82) is 0 Å². The van der Waals surface area contributed by atoms with Gasteiger partial charge >= 0.3 is 7.37 Å². The van der Waals surface area contributed by atoms with Crippen molar-refractivity contribution in [2.75, 3.05) is 0 Å². The van der Waals surface area contributed by atoms with Crippen LogP contribution >= 0.6 is 7.37 Å². The lowest BCUT2D eigenvalue weighted by atomic mass is 10.1. The lowest BCUT2D eigenvalue weighted by molar-refractivity contribution is 0.494. The third-order valence-electron chi connectivity index (χ3n) is 4.34. The predicted octanol–water partition coefficient (Wildman–Crippen LogP) is 4.85. The van der Waals surface area contributed by atoms with Gasteiger partial charge in [0.05, 0.1) is 16.1 Å². The molecule has 4 rings (SSSR count). The molecule has 3 nitrogen and oxygen atoms in total. The van der Waals surface area contributed by atoms with Gasteiger partial charge in [-0.1, -0.05) is 48.5 Å². The summed E-state index contributed by atoms with van der Waals surface area (Å²) in [6.45, 7) is 2.05. The van der Waals surface area contributed by atoms with Crippen LogP contribution in [0.2, 0.25) is 0 Å². The van der Waals surface area contributed by atoms with Gasteiger partial charge in [0.2, 0.25) is 5.88 Å². The zero-order chi connectivity index (χ0) is 18.0. The van der Waals surface area contributed by atoms with Crippen molar-refractivity contribution in [1.82, 2.24) is 4.98 Å². The highest BCUT2D eigenvalue weighted by Gasteiger charge is 2.30. The van der Waals surface area contributed by atoms with E-state index >= 15 is 0 Å². The van der Waals surface area contributed by atoms with Crippen LogP contribution in [0.4, 0.5) is 0 Å². The fourth-order valence-corrected chi connectivity index (χ4v) is 4.98. The molecule has 0 bridgehead atoms. The van der Waals surface area contributed by atoms with Gasteiger partial charge in [-0.25, -0.2) is 4.98 Å². The van der Waals surface area contributed by atoms with Crippen LogP contribution in [-0.4, -0.2) is 4.98 Å². The monoisotopic (exact) mass is 359 g/mol. The Morgan fingerprint density at radius 2 is 1.35 bits per heavy atom. The van der Waals surface area contributed by atoms with Crippen LogP contribution in [-0.2, 0) is 4.57 Å². The quantitative estimate of drug-likeness (QED) is 0.489. The molecule has 0 saturated carbocycles. The molecule has 4 heteroatoms. The Morgan fingerprint density at radius 1 is 0.731 bits per heavy atom. The van der Waals surface area contributed by atoms with Crippen LogP contribution in [0, 0.1) is 6.92 Å². The molecule has 1 aromatic heterocycles. The molecule has 1 heterocycles. The minimum absolute atomic E-state index is 0.360. The highest BCUT2D eigenvalue weighted by atomic mass is 31.2. The van der Waals surface area contributed by atoms with Gasteiger partial charge in [-0.05, 0) is 48.9 Å². The van der Waals surface area contributed by atoms with Crippen molar-refractivity contribution in [3.63, 3.8) is 0 Å². The van der Waals surface area contributed by atoms with Crippen molar-refractivity contribution in [2.24, 2.45) is 0 Å². The van der Waals surface area contributed by atoms with Crippen LogP contribution in [0.15, 0.2) is 91.0 Å². The van der Waals surface area contributed by atoms with Gasteiger partial charge in [-0.3, -0.25) is 4.57 Å². The van der Waals surface area contributed by atoms with E-state index in [9.17, 15) is 4.57 Å². The van der Waals surface area contributed by atoms with E-state index < -0.39 is 7.37 Å². The summed E-state index contributed by atoms with van der Waals surface area (Å²) in [7, 11) is -3.30. The Morgan fingerprint density at radius 3 is 1.96 bits per heavy atom. The maximum absolute atomic E-state index is 13.9. The molecular formula is C22H18NO2P. The van der Waals surface area contributed by atoms with Crippen molar-refractivity contribution in [3.05, 3.63) is 96.6 Å². The van der Waals surface area contributed by atoms with Crippen LogP contribution < -0.4 is 15.1 Å². The van der Waals surface area contributed by atoms with E-state index in [2.05, 4.69) is 4.98 Å². The van der Waals surface area contributed by atoms with E-state index in [0.717, 1.165) is 16.5 Å². The number of nitrogens with zero attached hydrogens (tertiary/aromatic N) is 1. The molecule has 128 valence electrons. The van der Waals surface area contributed by atoms with E-state index in [-0.39, 0.29) is 0 Å². The number of rotatable bonds is 4. The van der Waals surface area contributed by atoms with E-state index in [0.29, 0.717) is 16.5 Å². The first kappa shape index (κ1) is 16.6. The summed E-state index contributed by atoms with van der Waals surface area (Å²) in [5, 5.41) is 2.36. The SMILES string of the molecule is Cc1cccc2nc(OP(=O)(c3ccccc3)c3ccccc3)ccc12. The Kier molecular flexibility index (Phi) is 4.32. The van der Waals surface area contributed by atoms with E-state index in [4.69, 9.17) is 4.52 Å². The number of benzene rings is 3. The highest BCUT2D eigenvalue weighted by molar-refractivity contribution is 7.74. The molecule has 0 atom stereocenters. The second-order valence-corrected chi connectivity index (χ2v) is 8.42. The summed E-state index contributed by atoms with van der Waals surface area (Å²) >= 11 is 0. The Hall–Kier alpha value is -2.90. The number of fused-ring (bicyclic) bond motifs is 1. The van der Waals surface area contributed by atoms with Gasteiger partial charge in [-0.2, -0.15) is 0 Å². The maximum atomic E-state index is 13.9. The molecule has 0 N–H and O–H groups in total. The van der Waals surface area contributed by atoms with Crippen molar-refractivity contribution >= 4 is 28.9 Å². The second-order valence-electron chi connectivity index (χ2n) is 6.10. The fourth-order valence-electron chi connectivity index (χ4n) is 2.98. The smallest absolute Gasteiger partial charge is 0.308 e. The molecule has 0 aliphatic heterocycles. The zero-order valence-electron chi connectivity index (χ0n) is 14.4. The normalized spacial score (nSPS) is 11.4. The van der Waals surface area contributed by atoms with E-state index in [1.807, 2.05) is 91.9 Å². The lowest BCUT2D eigenvalue weighted by Crippen LogP contribution is -2.20. The number of pyridine rings is 1. The van der Waals surface area contributed by atoms with E-state index in [1.165, 1.54) is 0 Å². The third-order valence-corrected chi connectivity index (χ3v) is 6.74. The summed E-state index contributed by atoms with van der Waals surface area (Å²) in [4.78, 5) is 4.58. The number of aromatic nitrogens is 1. The minimum Gasteiger partial charge on any atom is -0.418 e. The summed E-state index contributed by atoms with van der Waals surface area (Å²) < 4.78 is 20.0. The number of hydrogen-bond donors (Lipinski definition) is 0. The van der Waals surface area contributed by atoms with Crippen molar-refractivity contribution in [2.45, 2.75) is 6.92 Å². The van der Waals surface area contributed by atoms with Gasteiger partial charge in [0.1, 0.15) is 0 Å². The second kappa shape index (κ2) is 6.78. The lowest BCUT2D eigenvalue weighted by Gasteiger charge is -2.20. The van der Waals surface area contributed by atoms with E-state index in [1.54, 1.807) is 6.07 Å². The van der Waals surface area contributed by atoms with Crippen LogP contribution in [0.3, 0.4) is 0 Å². The third kappa shape index (κ3) is 3.02. The standard InChI is InChI=1S/C22H18NO2P/c1-17-9-8-14-21-20(17)15-16-22(23-21)25-26(24,18-10-4-2-5-11-18)19-12-6-3-7-13-19/h2-16H,1H3. The van der Waals surface area contributed by atoms with Gasteiger partial charge in [0.25, 0.3) is 0 Å². The maximum Gasteiger partial charge on any atom is 0.308 e. The molecule has 0 fully saturated rings. The van der Waals surface area contributed by atoms with Gasteiger partial charge in [-0.15, -0.1) is 0 Å². The van der Waals surface area contributed by atoms with Crippen LogP contribution in [0.1, 0.15) is 5.56 Å². The summed E-state index contributed by atoms with van der Waals surface area (Å²) in [5.74, 6) is 0.360. The molecule has 0 amide bonds. The van der Waals surface area contributed by atoms with Gasteiger partial charge in [0, 0.05) is 11.5 Å². The Balaban J connectivity index is 1.83. The summed E-state index contributed by atoms with van der Waals surface area (Å²) in [6.07, 6.45) is 0. The molecule has 0 saturated heterocycles.